The highest BCUT2D eigenvalue weighted by atomic mass is 16.5. The third-order valence-corrected chi connectivity index (χ3v) is 3.14. The number of ether oxygens (including phenoxy) is 1. The topological polar surface area (TPSA) is 84.9 Å². The van der Waals surface area contributed by atoms with Gasteiger partial charge in [0.05, 0.1) is 23.9 Å². The smallest absolute Gasteiger partial charge is 0.356 e. The number of carbonyl (C=O) groups excluding carboxylic acids is 1. The second kappa shape index (κ2) is 3.90. The Morgan fingerprint density at radius 2 is 2.17 bits per heavy atom. The molecule has 3 rings (SSSR count). The maximum Gasteiger partial charge on any atom is 0.356 e. The van der Waals surface area contributed by atoms with E-state index in [1.54, 1.807) is 0 Å². The van der Waals surface area contributed by atoms with Crippen LogP contribution in [0.4, 0.5) is 0 Å². The number of esters is 1. The molecule has 0 unspecified atom stereocenters. The molecule has 0 fully saturated rings. The van der Waals surface area contributed by atoms with Gasteiger partial charge in [-0.1, -0.05) is 0 Å². The van der Waals surface area contributed by atoms with Crippen molar-refractivity contribution < 1.29 is 9.53 Å². The molecule has 0 amide bonds. The van der Waals surface area contributed by atoms with Crippen molar-refractivity contribution in [3.8, 4) is 0 Å². The number of H-pyrrole nitrogens is 1. The molecule has 6 nitrogen and oxygen atoms in total. The fourth-order valence-electron chi connectivity index (χ4n) is 2.33. The van der Waals surface area contributed by atoms with E-state index in [9.17, 15) is 9.59 Å². The van der Waals surface area contributed by atoms with Crippen LogP contribution in [0.3, 0.4) is 0 Å². The molecule has 0 radical (unpaired) electrons. The van der Waals surface area contributed by atoms with Gasteiger partial charge in [0, 0.05) is 5.39 Å². The number of aryl methyl sites for hydroxylation is 2. The van der Waals surface area contributed by atoms with E-state index in [2.05, 4.69) is 19.9 Å². The predicted molar refractivity (Wildman–Crippen MR) is 63.5 cm³/mol. The molecule has 18 heavy (non-hydrogen) atoms. The van der Waals surface area contributed by atoms with Gasteiger partial charge < -0.3 is 4.74 Å². The van der Waals surface area contributed by atoms with Crippen LogP contribution >= 0.6 is 0 Å². The van der Waals surface area contributed by atoms with Crippen LogP contribution in [0, 0.1) is 0 Å². The van der Waals surface area contributed by atoms with Gasteiger partial charge in [0.1, 0.15) is 5.69 Å². The van der Waals surface area contributed by atoms with Crippen LogP contribution in [0.1, 0.15) is 28.3 Å². The number of aromatic amines is 1. The number of nitrogens with zero attached hydrogens (tertiary/aromatic N) is 2. The van der Waals surface area contributed by atoms with E-state index in [0.717, 1.165) is 36.0 Å². The monoisotopic (exact) mass is 245 g/mol. The number of methoxy groups -OCH3 is 1. The van der Waals surface area contributed by atoms with Gasteiger partial charge in [-0.15, -0.1) is 0 Å². The lowest BCUT2D eigenvalue weighted by Gasteiger charge is -2.15. The molecule has 2 heterocycles. The van der Waals surface area contributed by atoms with E-state index < -0.39 is 5.97 Å². The van der Waals surface area contributed by atoms with Crippen LogP contribution in [0.15, 0.2) is 10.9 Å². The van der Waals surface area contributed by atoms with Gasteiger partial charge in [-0.25, -0.2) is 14.9 Å². The average molecular weight is 245 g/mol. The summed E-state index contributed by atoms with van der Waals surface area (Å²) in [4.78, 5) is 27.6. The molecule has 0 bridgehead atoms. The van der Waals surface area contributed by atoms with Gasteiger partial charge >= 0.3 is 5.97 Å². The first-order chi connectivity index (χ1) is 8.70. The summed E-state index contributed by atoms with van der Waals surface area (Å²) in [6.45, 7) is 0. The molecule has 1 aliphatic rings. The number of hydrogen-bond acceptors (Lipinski definition) is 5. The zero-order chi connectivity index (χ0) is 12.7. The normalized spacial score (nSPS) is 13.6. The molecule has 92 valence electrons. The SMILES string of the molecule is COC(=O)c1cc2c(=O)[nH]nc3c2c(n1)CCC3. The molecule has 0 aromatic carbocycles. The maximum atomic E-state index is 11.8. The Morgan fingerprint density at radius 1 is 1.39 bits per heavy atom. The highest BCUT2D eigenvalue weighted by Gasteiger charge is 2.20. The number of carbonyl (C=O) groups is 1. The summed E-state index contributed by atoms with van der Waals surface area (Å²) in [5, 5.41) is 7.74. The van der Waals surface area contributed by atoms with E-state index in [-0.39, 0.29) is 11.3 Å². The highest BCUT2D eigenvalue weighted by molar-refractivity contribution is 5.94. The predicted octanol–water partition coefficient (Wildman–Crippen LogP) is 0.593. The van der Waals surface area contributed by atoms with Gasteiger partial charge in [-0.2, -0.15) is 5.10 Å². The summed E-state index contributed by atoms with van der Waals surface area (Å²) in [7, 11) is 1.29. The zero-order valence-electron chi connectivity index (χ0n) is 9.82. The molecule has 0 saturated carbocycles. The van der Waals surface area contributed by atoms with Crippen LogP contribution in [-0.4, -0.2) is 28.3 Å². The summed E-state index contributed by atoms with van der Waals surface area (Å²) in [5.74, 6) is -0.531. The largest absolute Gasteiger partial charge is 0.464 e. The highest BCUT2D eigenvalue weighted by Crippen LogP contribution is 2.25. The van der Waals surface area contributed by atoms with Crippen LogP contribution in [0.2, 0.25) is 0 Å². The fourth-order valence-corrected chi connectivity index (χ4v) is 2.33. The zero-order valence-corrected chi connectivity index (χ0v) is 9.82. The van der Waals surface area contributed by atoms with Gasteiger partial charge in [0.15, 0.2) is 0 Å². The van der Waals surface area contributed by atoms with E-state index in [4.69, 9.17) is 0 Å². The Kier molecular flexibility index (Phi) is 2.36. The van der Waals surface area contributed by atoms with Gasteiger partial charge in [0.2, 0.25) is 0 Å². The fraction of sp³-hybridized carbons (Fsp3) is 0.333. The Bertz CT molecular complexity index is 706. The number of hydrogen-bond donors (Lipinski definition) is 1. The average Bonchev–Trinajstić information content (AvgIpc) is 2.41. The number of aromatic nitrogens is 3. The molecule has 1 aliphatic carbocycles. The van der Waals surface area contributed by atoms with Gasteiger partial charge in [0.25, 0.3) is 5.56 Å². The van der Waals surface area contributed by atoms with Crippen LogP contribution in [0.5, 0.6) is 0 Å². The van der Waals surface area contributed by atoms with Crippen LogP contribution in [0.25, 0.3) is 10.8 Å². The van der Waals surface area contributed by atoms with Crippen molar-refractivity contribution in [2.75, 3.05) is 7.11 Å². The summed E-state index contributed by atoms with van der Waals surface area (Å²) >= 11 is 0. The molecule has 0 saturated heterocycles. The van der Waals surface area contributed by atoms with Crippen molar-refractivity contribution >= 4 is 16.7 Å². The van der Waals surface area contributed by atoms with Crippen molar-refractivity contribution in [1.29, 1.82) is 0 Å². The van der Waals surface area contributed by atoms with Crippen molar-refractivity contribution in [3.63, 3.8) is 0 Å². The Labute approximate surface area is 102 Å². The lowest BCUT2D eigenvalue weighted by Crippen LogP contribution is -2.18. The molecule has 0 spiro atoms. The molecule has 6 heteroatoms. The number of rotatable bonds is 1. The Morgan fingerprint density at radius 3 is 2.94 bits per heavy atom. The third kappa shape index (κ3) is 1.49. The standard InChI is InChI=1S/C12H11N3O3/c1-18-12(17)9-5-6-10-7(13-9)3-2-4-8(10)14-15-11(6)16/h5H,2-4H2,1H3,(H,15,16). The second-order valence-electron chi connectivity index (χ2n) is 4.22. The van der Waals surface area contributed by atoms with Crippen molar-refractivity contribution in [1.82, 2.24) is 15.2 Å². The van der Waals surface area contributed by atoms with Crippen LogP contribution < -0.4 is 5.56 Å². The first-order valence-electron chi connectivity index (χ1n) is 5.70. The molecule has 0 aliphatic heterocycles. The molecule has 1 N–H and O–H groups in total. The first-order valence-corrected chi connectivity index (χ1v) is 5.70. The third-order valence-electron chi connectivity index (χ3n) is 3.14. The molecule has 0 atom stereocenters. The molecular weight excluding hydrogens is 234 g/mol. The van der Waals surface area contributed by atoms with Crippen LogP contribution in [-0.2, 0) is 17.6 Å². The number of pyridine rings is 1. The molecule has 2 aromatic heterocycles. The van der Waals surface area contributed by atoms with Gasteiger partial charge in [-0.3, -0.25) is 4.79 Å². The van der Waals surface area contributed by atoms with E-state index in [0.29, 0.717) is 5.39 Å². The Hall–Kier alpha value is -2.24. The second-order valence-corrected chi connectivity index (χ2v) is 4.22. The lowest BCUT2D eigenvalue weighted by molar-refractivity contribution is 0.0594. The van der Waals surface area contributed by atoms with Crippen molar-refractivity contribution in [3.05, 3.63) is 33.5 Å². The summed E-state index contributed by atoms with van der Waals surface area (Å²) < 4.78 is 4.64. The van der Waals surface area contributed by atoms with Gasteiger partial charge in [-0.05, 0) is 25.3 Å². The summed E-state index contributed by atoms with van der Waals surface area (Å²) in [6, 6.07) is 1.47. The lowest BCUT2D eigenvalue weighted by atomic mass is 9.96. The maximum absolute atomic E-state index is 11.8. The minimum absolute atomic E-state index is 0.171. The summed E-state index contributed by atoms with van der Waals surface area (Å²) in [6.07, 6.45) is 2.48. The van der Waals surface area contributed by atoms with Crippen molar-refractivity contribution in [2.45, 2.75) is 19.3 Å². The van der Waals surface area contributed by atoms with E-state index in [1.807, 2.05) is 0 Å². The number of nitrogens with one attached hydrogen (secondary N) is 1. The van der Waals surface area contributed by atoms with E-state index in [1.165, 1.54) is 13.2 Å². The quantitative estimate of drug-likeness (QED) is 0.743. The minimum atomic E-state index is -0.531. The summed E-state index contributed by atoms with van der Waals surface area (Å²) in [5.41, 5.74) is 1.47. The minimum Gasteiger partial charge on any atom is -0.464 e. The first kappa shape index (κ1) is 10.9. The van der Waals surface area contributed by atoms with Crippen molar-refractivity contribution in [2.24, 2.45) is 0 Å². The van der Waals surface area contributed by atoms with E-state index >= 15 is 0 Å². The molecular formula is C12H11N3O3. The molecule has 2 aromatic rings. The Balaban J connectivity index is 2.39.